The predicted molar refractivity (Wildman–Crippen MR) is 67.2 cm³/mol. The van der Waals surface area contributed by atoms with Crippen LogP contribution >= 0.6 is 0 Å². The summed E-state index contributed by atoms with van der Waals surface area (Å²) in [5, 5.41) is 19.3. The first-order valence-electron chi connectivity index (χ1n) is 5.71. The molecule has 1 aromatic rings. The Labute approximate surface area is 109 Å². The van der Waals surface area contributed by atoms with Crippen LogP contribution in [0.15, 0.2) is 17.1 Å². The van der Waals surface area contributed by atoms with Crippen LogP contribution in [0.2, 0.25) is 0 Å². The van der Waals surface area contributed by atoms with E-state index in [-0.39, 0.29) is 41.3 Å². The van der Waals surface area contributed by atoms with Gasteiger partial charge in [0.25, 0.3) is 0 Å². The van der Waals surface area contributed by atoms with Gasteiger partial charge in [-0.2, -0.15) is 0 Å². The lowest BCUT2D eigenvalue weighted by Gasteiger charge is -2.17. The van der Waals surface area contributed by atoms with Crippen molar-refractivity contribution in [2.24, 2.45) is 4.99 Å². The van der Waals surface area contributed by atoms with Gasteiger partial charge < -0.3 is 14.9 Å². The summed E-state index contributed by atoms with van der Waals surface area (Å²) in [7, 11) is 1.51. The van der Waals surface area contributed by atoms with Crippen LogP contribution in [-0.4, -0.2) is 47.8 Å². The molecule has 0 spiro atoms. The Balaban J connectivity index is 2.46. The van der Waals surface area contributed by atoms with E-state index < -0.39 is 11.6 Å². The first kappa shape index (κ1) is 13.2. The van der Waals surface area contributed by atoms with Gasteiger partial charge in [0.15, 0.2) is 5.78 Å². The number of aromatic hydroxyl groups is 2. The monoisotopic (exact) mass is 263 g/mol. The molecule has 0 aliphatic heterocycles. The molecule has 0 heterocycles. The molecule has 1 aromatic carbocycles. The Bertz CT molecular complexity index is 577. The SMILES string of the molecule is COCCN=C1CC(=O)c2c(O)ccc(O)c2C1=O. The fourth-order valence-electron chi connectivity index (χ4n) is 1.96. The average molecular weight is 263 g/mol. The Morgan fingerprint density at radius 3 is 2.47 bits per heavy atom. The van der Waals surface area contributed by atoms with Crippen molar-refractivity contribution in [3.05, 3.63) is 23.3 Å². The third-order valence-corrected chi connectivity index (χ3v) is 2.86. The maximum absolute atomic E-state index is 12.1. The zero-order valence-corrected chi connectivity index (χ0v) is 10.3. The van der Waals surface area contributed by atoms with Crippen molar-refractivity contribution in [3.63, 3.8) is 0 Å². The molecule has 0 saturated carbocycles. The fourth-order valence-corrected chi connectivity index (χ4v) is 1.96. The van der Waals surface area contributed by atoms with Crippen molar-refractivity contribution in [2.75, 3.05) is 20.3 Å². The third kappa shape index (κ3) is 2.34. The molecule has 1 aliphatic carbocycles. The van der Waals surface area contributed by atoms with Gasteiger partial charge >= 0.3 is 0 Å². The number of nitrogens with zero attached hydrogens (tertiary/aromatic N) is 1. The van der Waals surface area contributed by atoms with Crippen molar-refractivity contribution in [2.45, 2.75) is 6.42 Å². The quantitative estimate of drug-likeness (QED) is 0.625. The standard InChI is InChI=1S/C13H13NO5/c1-19-5-4-14-7-6-10(17)11-8(15)2-3-9(16)12(11)13(7)18/h2-3,15-16H,4-6H2,1H3. The van der Waals surface area contributed by atoms with Gasteiger partial charge in [0.05, 0.1) is 36.4 Å². The highest BCUT2D eigenvalue weighted by Crippen LogP contribution is 2.33. The van der Waals surface area contributed by atoms with E-state index in [9.17, 15) is 19.8 Å². The van der Waals surface area contributed by atoms with Gasteiger partial charge in [-0.3, -0.25) is 14.6 Å². The molecular weight excluding hydrogens is 250 g/mol. The summed E-state index contributed by atoms with van der Waals surface area (Å²) in [5.74, 6) is -1.59. The number of ketones is 2. The summed E-state index contributed by atoms with van der Waals surface area (Å²) in [5.41, 5.74) is -0.224. The number of carbonyl (C=O) groups excluding carboxylic acids is 2. The van der Waals surface area contributed by atoms with Crippen molar-refractivity contribution >= 4 is 17.3 Å². The van der Waals surface area contributed by atoms with Gasteiger partial charge in [0, 0.05) is 7.11 Å². The number of ether oxygens (including phenoxy) is 1. The molecule has 0 radical (unpaired) electrons. The molecule has 2 N–H and O–H groups in total. The van der Waals surface area contributed by atoms with Crippen LogP contribution in [0.3, 0.4) is 0 Å². The van der Waals surface area contributed by atoms with Gasteiger partial charge in [-0.15, -0.1) is 0 Å². The summed E-state index contributed by atoms with van der Waals surface area (Å²) < 4.78 is 4.81. The highest BCUT2D eigenvalue weighted by Gasteiger charge is 2.33. The Morgan fingerprint density at radius 2 is 1.84 bits per heavy atom. The Hall–Kier alpha value is -2.21. The van der Waals surface area contributed by atoms with Crippen LogP contribution in [0.1, 0.15) is 27.1 Å². The zero-order chi connectivity index (χ0) is 14.0. The second kappa shape index (κ2) is 5.19. The zero-order valence-electron chi connectivity index (χ0n) is 10.3. The topological polar surface area (TPSA) is 96.2 Å². The molecule has 0 amide bonds. The average Bonchev–Trinajstić information content (AvgIpc) is 2.38. The molecular formula is C13H13NO5. The molecule has 0 fully saturated rings. The number of fused-ring (bicyclic) bond motifs is 1. The number of phenolic OH excluding ortho intramolecular Hbond substituents is 2. The van der Waals surface area contributed by atoms with E-state index in [1.165, 1.54) is 19.2 Å². The molecule has 19 heavy (non-hydrogen) atoms. The van der Waals surface area contributed by atoms with E-state index in [4.69, 9.17) is 4.74 Å². The van der Waals surface area contributed by atoms with Crippen molar-refractivity contribution in [3.8, 4) is 11.5 Å². The molecule has 0 bridgehead atoms. The molecule has 100 valence electrons. The van der Waals surface area contributed by atoms with Gasteiger partial charge in [-0.1, -0.05) is 0 Å². The largest absolute Gasteiger partial charge is 0.507 e. The van der Waals surface area contributed by atoms with E-state index in [1.54, 1.807) is 0 Å². The number of hydrogen-bond acceptors (Lipinski definition) is 6. The van der Waals surface area contributed by atoms with Gasteiger partial charge in [0.1, 0.15) is 11.5 Å². The molecule has 0 saturated heterocycles. The molecule has 0 aromatic heterocycles. The number of Topliss-reactive ketones (excluding diaryl/α,β-unsaturated/α-hetero) is 2. The van der Waals surface area contributed by atoms with Crippen LogP contribution in [0, 0.1) is 0 Å². The Kier molecular flexibility index (Phi) is 3.62. The van der Waals surface area contributed by atoms with E-state index in [1.807, 2.05) is 0 Å². The summed E-state index contributed by atoms with van der Waals surface area (Å²) in [4.78, 5) is 28.0. The van der Waals surface area contributed by atoms with E-state index >= 15 is 0 Å². The van der Waals surface area contributed by atoms with Crippen LogP contribution < -0.4 is 0 Å². The number of methoxy groups -OCH3 is 1. The second-order valence-electron chi connectivity index (χ2n) is 4.10. The molecule has 6 heteroatoms. The van der Waals surface area contributed by atoms with Gasteiger partial charge in [-0.25, -0.2) is 0 Å². The lowest BCUT2D eigenvalue weighted by molar-refractivity contribution is 0.0959. The number of phenols is 2. The summed E-state index contributed by atoms with van der Waals surface area (Å²) in [6.07, 6.45) is -0.174. The maximum Gasteiger partial charge on any atom is 0.211 e. The first-order chi connectivity index (χ1) is 9.06. The molecule has 2 rings (SSSR count). The summed E-state index contributed by atoms with van der Waals surface area (Å²) in [6.45, 7) is 0.601. The van der Waals surface area contributed by atoms with Crippen LogP contribution in [0.5, 0.6) is 11.5 Å². The minimum absolute atomic E-state index is 0.0791. The number of aliphatic imine (C=N–C) groups is 1. The lowest BCUT2D eigenvalue weighted by Crippen LogP contribution is -2.28. The minimum atomic E-state index is -0.529. The molecule has 1 aliphatic rings. The second-order valence-corrected chi connectivity index (χ2v) is 4.10. The smallest absolute Gasteiger partial charge is 0.211 e. The maximum atomic E-state index is 12.1. The van der Waals surface area contributed by atoms with Crippen molar-refractivity contribution in [1.82, 2.24) is 0 Å². The summed E-state index contributed by atoms with van der Waals surface area (Å²) in [6, 6.07) is 2.36. The summed E-state index contributed by atoms with van der Waals surface area (Å²) >= 11 is 0. The van der Waals surface area contributed by atoms with Gasteiger partial charge in [0.2, 0.25) is 5.78 Å². The molecule has 0 unspecified atom stereocenters. The number of hydrogen-bond donors (Lipinski definition) is 2. The minimum Gasteiger partial charge on any atom is -0.507 e. The normalized spacial score (nSPS) is 16.8. The molecule has 0 atom stereocenters. The van der Waals surface area contributed by atoms with Crippen LogP contribution in [0.4, 0.5) is 0 Å². The van der Waals surface area contributed by atoms with E-state index in [0.29, 0.717) is 6.61 Å². The highest BCUT2D eigenvalue weighted by atomic mass is 16.5. The first-order valence-corrected chi connectivity index (χ1v) is 5.71. The number of rotatable bonds is 3. The van der Waals surface area contributed by atoms with Crippen molar-refractivity contribution < 1.29 is 24.5 Å². The fraction of sp³-hybridized carbons (Fsp3) is 0.308. The number of carbonyl (C=O) groups is 2. The van der Waals surface area contributed by atoms with E-state index in [0.717, 1.165) is 0 Å². The Morgan fingerprint density at radius 1 is 1.21 bits per heavy atom. The third-order valence-electron chi connectivity index (χ3n) is 2.86. The van der Waals surface area contributed by atoms with Crippen LogP contribution in [-0.2, 0) is 4.74 Å². The number of benzene rings is 1. The molecule has 6 nitrogen and oxygen atoms in total. The predicted octanol–water partition coefficient (Wildman–Crippen LogP) is 0.954. The highest BCUT2D eigenvalue weighted by molar-refractivity contribution is 6.53. The lowest BCUT2D eigenvalue weighted by atomic mass is 9.87. The van der Waals surface area contributed by atoms with Gasteiger partial charge in [-0.05, 0) is 12.1 Å². The van der Waals surface area contributed by atoms with E-state index in [2.05, 4.69) is 4.99 Å². The van der Waals surface area contributed by atoms with Crippen molar-refractivity contribution in [1.29, 1.82) is 0 Å². The van der Waals surface area contributed by atoms with Crippen LogP contribution in [0.25, 0.3) is 0 Å².